The first-order chi connectivity index (χ1) is 14.8. The standard InChI is InChI=1S/C19H18N4O7S/c1-11-15-17(31-16(11)19(26)30-8-7-29-2)20-10-22(18(15)25)9-14(24)21-12-3-5-13(6-4-12)23(27)28/h3-6,10H,7-9H2,1-2H3,(H,21,24). The molecule has 0 saturated heterocycles. The molecule has 31 heavy (non-hydrogen) atoms. The second-order valence-corrected chi connectivity index (χ2v) is 7.39. The van der Waals surface area contributed by atoms with E-state index < -0.39 is 22.4 Å². The molecule has 12 heteroatoms. The molecular weight excluding hydrogens is 428 g/mol. The number of benzene rings is 1. The molecule has 11 nitrogen and oxygen atoms in total. The quantitative estimate of drug-likeness (QED) is 0.240. The van der Waals surface area contributed by atoms with E-state index in [0.717, 1.165) is 15.9 Å². The van der Waals surface area contributed by atoms with Crippen LogP contribution in [-0.4, -0.2) is 46.7 Å². The number of nitrogens with zero attached hydrogens (tertiary/aromatic N) is 3. The summed E-state index contributed by atoms with van der Waals surface area (Å²) in [4.78, 5) is 52.4. The Bertz CT molecular complexity index is 1200. The van der Waals surface area contributed by atoms with Crippen LogP contribution in [0.4, 0.5) is 11.4 Å². The first kappa shape index (κ1) is 22.1. The highest BCUT2D eigenvalue weighted by atomic mass is 32.1. The topological polar surface area (TPSA) is 143 Å². The number of methoxy groups -OCH3 is 1. The number of carbonyl (C=O) groups excluding carboxylic acids is 2. The van der Waals surface area contributed by atoms with E-state index in [9.17, 15) is 24.5 Å². The minimum atomic E-state index is -0.570. The SMILES string of the molecule is COCCOC(=O)c1sc2ncn(CC(=O)Nc3ccc([N+](=O)[O-])cc3)c(=O)c2c1C. The van der Waals surface area contributed by atoms with Crippen LogP contribution in [0.25, 0.3) is 10.2 Å². The first-order valence-electron chi connectivity index (χ1n) is 9.00. The molecule has 0 bridgehead atoms. The Hall–Kier alpha value is -3.64. The summed E-state index contributed by atoms with van der Waals surface area (Å²) in [6.45, 7) is 1.64. The van der Waals surface area contributed by atoms with Crippen molar-refractivity contribution in [2.24, 2.45) is 0 Å². The monoisotopic (exact) mass is 446 g/mol. The molecule has 0 aliphatic carbocycles. The van der Waals surface area contributed by atoms with Gasteiger partial charge in [-0.15, -0.1) is 11.3 Å². The predicted molar refractivity (Wildman–Crippen MR) is 113 cm³/mol. The van der Waals surface area contributed by atoms with Crippen molar-refractivity contribution in [1.29, 1.82) is 0 Å². The third-order valence-electron chi connectivity index (χ3n) is 4.30. The minimum absolute atomic E-state index is 0.0868. The van der Waals surface area contributed by atoms with E-state index in [-0.39, 0.29) is 35.7 Å². The van der Waals surface area contributed by atoms with Crippen molar-refractivity contribution in [3.8, 4) is 0 Å². The Morgan fingerprint density at radius 3 is 2.61 bits per heavy atom. The van der Waals surface area contributed by atoms with Gasteiger partial charge in [0.25, 0.3) is 11.2 Å². The predicted octanol–water partition coefficient (Wildman–Crippen LogP) is 2.12. The number of fused-ring (bicyclic) bond motifs is 1. The normalized spacial score (nSPS) is 10.8. The molecule has 1 aromatic carbocycles. The average Bonchev–Trinajstić information content (AvgIpc) is 3.08. The number of non-ortho nitro benzene ring substituents is 1. The Morgan fingerprint density at radius 1 is 1.26 bits per heavy atom. The molecule has 0 saturated carbocycles. The van der Waals surface area contributed by atoms with Gasteiger partial charge in [-0.25, -0.2) is 9.78 Å². The van der Waals surface area contributed by atoms with Gasteiger partial charge in [0.1, 0.15) is 22.9 Å². The molecule has 0 aliphatic rings. The van der Waals surface area contributed by atoms with Gasteiger partial charge >= 0.3 is 5.97 Å². The van der Waals surface area contributed by atoms with Crippen molar-refractivity contribution < 1.29 is 24.0 Å². The maximum absolute atomic E-state index is 12.9. The van der Waals surface area contributed by atoms with Crippen LogP contribution in [0.1, 0.15) is 15.2 Å². The summed E-state index contributed by atoms with van der Waals surface area (Å²) in [5.41, 5.74) is 0.220. The lowest BCUT2D eigenvalue weighted by molar-refractivity contribution is -0.384. The summed E-state index contributed by atoms with van der Waals surface area (Å²) in [6.07, 6.45) is 1.23. The van der Waals surface area contributed by atoms with Gasteiger partial charge in [0.15, 0.2) is 0 Å². The van der Waals surface area contributed by atoms with Gasteiger partial charge in [-0.05, 0) is 24.6 Å². The number of nitro benzene ring substituents is 1. The van der Waals surface area contributed by atoms with E-state index in [2.05, 4.69) is 10.3 Å². The van der Waals surface area contributed by atoms with E-state index >= 15 is 0 Å². The maximum Gasteiger partial charge on any atom is 0.348 e. The van der Waals surface area contributed by atoms with Crippen LogP contribution in [0, 0.1) is 17.0 Å². The number of nitrogens with one attached hydrogen (secondary N) is 1. The molecule has 162 valence electrons. The van der Waals surface area contributed by atoms with Crippen LogP contribution in [0.5, 0.6) is 0 Å². The molecule has 0 aliphatic heterocycles. The Kier molecular flexibility index (Phi) is 6.72. The summed E-state index contributed by atoms with van der Waals surface area (Å²) < 4.78 is 11.1. The summed E-state index contributed by atoms with van der Waals surface area (Å²) >= 11 is 1.04. The van der Waals surface area contributed by atoms with Gasteiger partial charge in [-0.3, -0.25) is 24.3 Å². The Balaban J connectivity index is 1.78. The summed E-state index contributed by atoms with van der Waals surface area (Å²) in [5, 5.41) is 13.5. The number of esters is 1. The van der Waals surface area contributed by atoms with E-state index in [1.165, 1.54) is 37.7 Å². The van der Waals surface area contributed by atoms with Gasteiger partial charge in [-0.2, -0.15) is 0 Å². The number of aromatic nitrogens is 2. The molecule has 0 unspecified atom stereocenters. The number of hydrogen-bond acceptors (Lipinski definition) is 9. The second kappa shape index (κ2) is 9.45. The van der Waals surface area contributed by atoms with Crippen molar-refractivity contribution in [1.82, 2.24) is 9.55 Å². The van der Waals surface area contributed by atoms with Crippen LogP contribution in [0.15, 0.2) is 35.4 Å². The van der Waals surface area contributed by atoms with Gasteiger partial charge in [0.2, 0.25) is 5.91 Å². The van der Waals surface area contributed by atoms with Crippen molar-refractivity contribution >= 4 is 44.8 Å². The van der Waals surface area contributed by atoms with Crippen LogP contribution in [0.3, 0.4) is 0 Å². The molecule has 1 amide bonds. The van der Waals surface area contributed by atoms with Gasteiger partial charge in [-0.1, -0.05) is 0 Å². The summed E-state index contributed by atoms with van der Waals surface area (Å²) in [6, 6.07) is 5.31. The smallest absolute Gasteiger partial charge is 0.348 e. The molecule has 0 atom stereocenters. The van der Waals surface area contributed by atoms with Crippen LogP contribution < -0.4 is 10.9 Å². The molecule has 0 fully saturated rings. The zero-order valence-corrected chi connectivity index (χ0v) is 17.4. The Morgan fingerprint density at radius 2 is 1.97 bits per heavy atom. The number of nitro groups is 1. The molecule has 0 spiro atoms. The fourth-order valence-electron chi connectivity index (χ4n) is 2.77. The zero-order valence-electron chi connectivity index (χ0n) is 16.6. The maximum atomic E-state index is 12.9. The molecule has 2 heterocycles. The largest absolute Gasteiger partial charge is 0.459 e. The molecule has 3 aromatic rings. The van der Waals surface area contributed by atoms with Crippen molar-refractivity contribution in [3.05, 3.63) is 61.5 Å². The minimum Gasteiger partial charge on any atom is -0.459 e. The fourth-order valence-corrected chi connectivity index (χ4v) is 3.80. The van der Waals surface area contributed by atoms with E-state index in [1.807, 2.05) is 0 Å². The lowest BCUT2D eigenvalue weighted by Crippen LogP contribution is -2.27. The molecular formula is C19H18N4O7S. The highest BCUT2D eigenvalue weighted by Crippen LogP contribution is 2.27. The number of carbonyl (C=O) groups is 2. The zero-order chi connectivity index (χ0) is 22.5. The van der Waals surface area contributed by atoms with Crippen LogP contribution >= 0.6 is 11.3 Å². The van der Waals surface area contributed by atoms with Crippen LogP contribution in [0.2, 0.25) is 0 Å². The molecule has 1 N–H and O–H groups in total. The number of ether oxygens (including phenoxy) is 2. The fraction of sp³-hybridized carbons (Fsp3) is 0.263. The average molecular weight is 446 g/mol. The summed E-state index contributed by atoms with van der Waals surface area (Å²) in [5.74, 6) is -1.08. The van der Waals surface area contributed by atoms with E-state index in [0.29, 0.717) is 16.1 Å². The second-order valence-electron chi connectivity index (χ2n) is 6.39. The lowest BCUT2D eigenvalue weighted by atomic mass is 10.2. The number of aryl methyl sites for hydroxylation is 1. The van der Waals surface area contributed by atoms with Crippen molar-refractivity contribution in [3.63, 3.8) is 0 Å². The molecule has 2 aromatic heterocycles. The Labute approximate surface area is 179 Å². The summed E-state index contributed by atoms with van der Waals surface area (Å²) in [7, 11) is 1.49. The number of anilines is 1. The molecule has 0 radical (unpaired) electrons. The highest BCUT2D eigenvalue weighted by Gasteiger charge is 2.21. The number of thiophene rings is 1. The van der Waals surface area contributed by atoms with Crippen LogP contribution in [-0.2, 0) is 20.8 Å². The van der Waals surface area contributed by atoms with Gasteiger partial charge in [0, 0.05) is 24.9 Å². The number of hydrogen-bond donors (Lipinski definition) is 1. The highest BCUT2D eigenvalue weighted by molar-refractivity contribution is 7.20. The van der Waals surface area contributed by atoms with Gasteiger partial charge in [0.05, 0.1) is 23.2 Å². The van der Waals surface area contributed by atoms with E-state index in [1.54, 1.807) is 6.92 Å². The molecule has 3 rings (SSSR count). The number of amides is 1. The van der Waals surface area contributed by atoms with Crippen molar-refractivity contribution in [2.75, 3.05) is 25.6 Å². The lowest BCUT2D eigenvalue weighted by Gasteiger charge is -2.07. The third-order valence-corrected chi connectivity index (χ3v) is 5.48. The third kappa shape index (κ3) is 4.92. The number of rotatable bonds is 8. The van der Waals surface area contributed by atoms with E-state index in [4.69, 9.17) is 9.47 Å². The van der Waals surface area contributed by atoms with Gasteiger partial charge < -0.3 is 14.8 Å². The van der Waals surface area contributed by atoms with Crippen molar-refractivity contribution in [2.45, 2.75) is 13.5 Å². The first-order valence-corrected chi connectivity index (χ1v) is 9.82.